The zero-order chi connectivity index (χ0) is 14.0. The van der Waals surface area contributed by atoms with Gasteiger partial charge in [0.05, 0.1) is 15.9 Å². The molecule has 2 rings (SSSR count). The van der Waals surface area contributed by atoms with Crippen molar-refractivity contribution in [1.82, 2.24) is 15.1 Å². The molecule has 0 radical (unpaired) electrons. The van der Waals surface area contributed by atoms with Gasteiger partial charge < -0.3 is 5.32 Å². The van der Waals surface area contributed by atoms with Crippen LogP contribution in [0.15, 0.2) is 4.47 Å². The zero-order valence-corrected chi connectivity index (χ0v) is 14.2. The van der Waals surface area contributed by atoms with E-state index in [0.717, 1.165) is 18.7 Å². The summed E-state index contributed by atoms with van der Waals surface area (Å²) in [4.78, 5) is 0. The van der Waals surface area contributed by atoms with Gasteiger partial charge >= 0.3 is 0 Å². The Bertz CT molecular complexity index is 429. The van der Waals surface area contributed by atoms with E-state index in [1.807, 2.05) is 4.68 Å². The molecule has 1 saturated heterocycles. The van der Waals surface area contributed by atoms with Crippen LogP contribution in [0.4, 0.5) is 0 Å². The Hall–Kier alpha value is -0.350. The lowest BCUT2D eigenvalue weighted by atomic mass is 9.78. The first-order valence-corrected chi connectivity index (χ1v) is 8.18. The van der Waals surface area contributed by atoms with Gasteiger partial charge in [-0.05, 0) is 48.2 Å². The van der Waals surface area contributed by atoms with Crippen molar-refractivity contribution in [2.24, 2.45) is 13.0 Å². The number of halogens is 1. The van der Waals surface area contributed by atoms with Gasteiger partial charge in [-0.3, -0.25) is 4.68 Å². The van der Waals surface area contributed by atoms with Gasteiger partial charge in [0.15, 0.2) is 0 Å². The fourth-order valence-corrected chi connectivity index (χ4v) is 3.66. The van der Waals surface area contributed by atoms with Crippen LogP contribution in [0.25, 0.3) is 0 Å². The average molecular weight is 328 g/mol. The summed E-state index contributed by atoms with van der Waals surface area (Å²) in [5.41, 5.74) is 2.63. The third-order valence-electron chi connectivity index (χ3n) is 4.63. The number of nitrogens with one attached hydrogen (secondary N) is 1. The minimum Gasteiger partial charge on any atom is -0.311 e. The molecule has 1 aromatic rings. The van der Waals surface area contributed by atoms with Crippen molar-refractivity contribution in [3.63, 3.8) is 0 Å². The third kappa shape index (κ3) is 3.05. The van der Waals surface area contributed by atoms with Crippen molar-refractivity contribution in [1.29, 1.82) is 0 Å². The van der Waals surface area contributed by atoms with Crippen LogP contribution in [0.5, 0.6) is 0 Å². The molecule has 1 atom stereocenters. The van der Waals surface area contributed by atoms with E-state index in [1.165, 1.54) is 35.8 Å². The van der Waals surface area contributed by atoms with E-state index < -0.39 is 0 Å². The fraction of sp³-hybridized carbons (Fsp3) is 0.800. The Kier molecular flexibility index (Phi) is 4.72. The van der Waals surface area contributed by atoms with Gasteiger partial charge in [0.2, 0.25) is 0 Å². The summed E-state index contributed by atoms with van der Waals surface area (Å²) in [6, 6.07) is 0. The first-order valence-electron chi connectivity index (χ1n) is 7.39. The predicted molar refractivity (Wildman–Crippen MR) is 83.4 cm³/mol. The first kappa shape index (κ1) is 15.0. The summed E-state index contributed by atoms with van der Waals surface area (Å²) in [6.07, 6.45) is 6.32. The van der Waals surface area contributed by atoms with Gasteiger partial charge in [0.1, 0.15) is 0 Å². The maximum atomic E-state index is 4.53. The molecule has 0 bridgehead atoms. The predicted octanol–water partition coefficient (Wildman–Crippen LogP) is 3.59. The van der Waals surface area contributed by atoms with E-state index in [4.69, 9.17) is 0 Å². The summed E-state index contributed by atoms with van der Waals surface area (Å²) in [7, 11) is 2.05. The summed E-state index contributed by atoms with van der Waals surface area (Å²) < 4.78 is 3.22. The van der Waals surface area contributed by atoms with E-state index in [9.17, 15) is 0 Å². The van der Waals surface area contributed by atoms with Crippen LogP contribution >= 0.6 is 15.9 Å². The Balaban J connectivity index is 2.30. The number of hydrogen-bond acceptors (Lipinski definition) is 2. The molecule has 0 saturated carbocycles. The second-order valence-corrected chi connectivity index (χ2v) is 6.99. The van der Waals surface area contributed by atoms with Gasteiger partial charge in [-0.15, -0.1) is 0 Å². The maximum absolute atomic E-state index is 4.53. The van der Waals surface area contributed by atoms with Gasteiger partial charge in [-0.25, -0.2) is 0 Å². The third-order valence-corrected chi connectivity index (χ3v) is 5.66. The molecule has 3 nitrogen and oxygen atoms in total. The van der Waals surface area contributed by atoms with Gasteiger partial charge in [0, 0.05) is 19.0 Å². The lowest BCUT2D eigenvalue weighted by Crippen LogP contribution is -2.51. The van der Waals surface area contributed by atoms with Crippen LogP contribution in [0, 0.1) is 12.8 Å². The molecular formula is C15H26BrN3. The Morgan fingerprint density at radius 3 is 2.68 bits per heavy atom. The molecule has 1 fully saturated rings. The SMILES string of the molecule is Cc1nn(C)c(CC2(C(C)C)CCCCCN2)c1Br. The molecule has 2 heterocycles. The largest absolute Gasteiger partial charge is 0.311 e. The molecular weight excluding hydrogens is 302 g/mol. The summed E-state index contributed by atoms with van der Waals surface area (Å²) in [5.74, 6) is 0.632. The van der Waals surface area contributed by atoms with Crippen molar-refractivity contribution < 1.29 is 0 Å². The average Bonchev–Trinajstić information content (AvgIpc) is 2.58. The quantitative estimate of drug-likeness (QED) is 0.919. The van der Waals surface area contributed by atoms with E-state index in [-0.39, 0.29) is 5.54 Å². The highest BCUT2D eigenvalue weighted by Crippen LogP contribution is 2.33. The highest BCUT2D eigenvalue weighted by molar-refractivity contribution is 9.10. The number of rotatable bonds is 3. The van der Waals surface area contributed by atoms with Crippen LogP contribution in [0.1, 0.15) is 50.9 Å². The number of nitrogens with zero attached hydrogens (tertiary/aromatic N) is 2. The van der Waals surface area contributed by atoms with Crippen LogP contribution in [0.3, 0.4) is 0 Å². The number of hydrogen-bond donors (Lipinski definition) is 1. The van der Waals surface area contributed by atoms with E-state index in [2.05, 4.69) is 54.2 Å². The summed E-state index contributed by atoms with van der Waals surface area (Å²) in [5, 5.41) is 8.38. The molecule has 4 heteroatoms. The van der Waals surface area contributed by atoms with Crippen molar-refractivity contribution in [3.8, 4) is 0 Å². The molecule has 1 aromatic heterocycles. The van der Waals surface area contributed by atoms with Crippen LogP contribution in [0.2, 0.25) is 0 Å². The molecule has 0 aromatic carbocycles. The molecule has 1 aliphatic heterocycles. The lowest BCUT2D eigenvalue weighted by Gasteiger charge is -2.38. The second-order valence-electron chi connectivity index (χ2n) is 6.19. The van der Waals surface area contributed by atoms with E-state index >= 15 is 0 Å². The van der Waals surface area contributed by atoms with Gasteiger partial charge in [0.25, 0.3) is 0 Å². The molecule has 0 aliphatic carbocycles. The monoisotopic (exact) mass is 327 g/mol. The van der Waals surface area contributed by atoms with Gasteiger partial charge in [-0.1, -0.05) is 26.7 Å². The molecule has 108 valence electrons. The smallest absolute Gasteiger partial charge is 0.0738 e. The minimum atomic E-state index is 0.221. The second kappa shape index (κ2) is 5.96. The number of aromatic nitrogens is 2. The molecule has 1 aliphatic rings. The molecule has 1 N–H and O–H groups in total. The highest BCUT2D eigenvalue weighted by Gasteiger charge is 2.35. The number of aryl methyl sites for hydroxylation is 2. The molecule has 0 spiro atoms. The van der Waals surface area contributed by atoms with Gasteiger partial charge in [-0.2, -0.15) is 5.10 Å². The Morgan fingerprint density at radius 1 is 1.37 bits per heavy atom. The van der Waals surface area contributed by atoms with Crippen LogP contribution < -0.4 is 5.32 Å². The van der Waals surface area contributed by atoms with Crippen molar-refractivity contribution >= 4 is 15.9 Å². The minimum absolute atomic E-state index is 0.221. The summed E-state index contributed by atoms with van der Waals surface area (Å²) in [6.45, 7) is 7.90. The Morgan fingerprint density at radius 2 is 2.11 bits per heavy atom. The maximum Gasteiger partial charge on any atom is 0.0738 e. The summed E-state index contributed by atoms with van der Waals surface area (Å²) >= 11 is 3.71. The van der Waals surface area contributed by atoms with E-state index in [1.54, 1.807) is 0 Å². The zero-order valence-electron chi connectivity index (χ0n) is 12.6. The lowest BCUT2D eigenvalue weighted by molar-refractivity contribution is 0.221. The van der Waals surface area contributed by atoms with Crippen molar-refractivity contribution in [2.75, 3.05) is 6.54 Å². The normalized spacial score (nSPS) is 24.7. The van der Waals surface area contributed by atoms with Crippen LogP contribution in [-0.2, 0) is 13.5 Å². The highest BCUT2D eigenvalue weighted by atomic mass is 79.9. The molecule has 1 unspecified atom stereocenters. The molecule has 0 amide bonds. The Labute approximate surface area is 125 Å². The van der Waals surface area contributed by atoms with Crippen molar-refractivity contribution in [2.45, 2.75) is 58.4 Å². The van der Waals surface area contributed by atoms with Crippen LogP contribution in [-0.4, -0.2) is 21.9 Å². The first-order chi connectivity index (χ1) is 8.96. The standard InChI is InChI=1S/C15H26BrN3/c1-11(2)15(8-6-5-7-9-17-15)10-13-14(16)12(3)18-19(13)4/h11,17H,5-10H2,1-4H3. The van der Waals surface area contributed by atoms with E-state index in [0.29, 0.717) is 5.92 Å². The van der Waals surface area contributed by atoms with Crippen molar-refractivity contribution in [3.05, 3.63) is 15.9 Å². The topological polar surface area (TPSA) is 29.9 Å². The fourth-order valence-electron chi connectivity index (χ4n) is 3.19. The molecule has 19 heavy (non-hydrogen) atoms.